The number of ketones is 1. The maximum atomic E-state index is 13.7. The summed E-state index contributed by atoms with van der Waals surface area (Å²) < 4.78 is 61.4. The lowest BCUT2D eigenvalue weighted by atomic mass is 9.96. The van der Waals surface area contributed by atoms with Crippen molar-refractivity contribution in [1.82, 2.24) is 4.57 Å². The summed E-state index contributed by atoms with van der Waals surface area (Å²) in [6.07, 6.45) is -5.11. The van der Waals surface area contributed by atoms with Crippen molar-refractivity contribution in [2.45, 2.75) is 51.8 Å². The Morgan fingerprint density at radius 1 is 1.05 bits per heavy atom. The Labute approximate surface area is 239 Å². The standard InChI is InChI=1S/C31H28F3NO7/c1-4-30(42-29(37)38)14-13-20-6-5-19(15-26(20)41-30)17-35-18(2)27(28(36)21-7-9-22(39-3)10-8-21)24-12-11-23(16-25(24)35)40-31(32,33)34/h5-12,15-16H,4,13-14,17H2,1-3H3,(H,37,38)/t30-/m1/s1. The lowest BCUT2D eigenvalue weighted by Crippen LogP contribution is -2.43. The number of fused-ring (bicyclic) bond motifs is 2. The lowest BCUT2D eigenvalue weighted by Gasteiger charge is -2.36. The van der Waals surface area contributed by atoms with Gasteiger partial charge < -0.3 is 28.6 Å². The molecule has 220 valence electrons. The lowest BCUT2D eigenvalue weighted by molar-refractivity contribution is -0.274. The third-order valence-electron chi connectivity index (χ3n) is 7.46. The van der Waals surface area contributed by atoms with Crippen LogP contribution in [-0.2, 0) is 17.7 Å². The number of methoxy groups -OCH3 is 1. The first-order valence-electron chi connectivity index (χ1n) is 13.2. The number of ether oxygens (including phenoxy) is 4. The Bertz CT molecular complexity index is 1660. The molecular weight excluding hydrogens is 555 g/mol. The maximum Gasteiger partial charge on any atom is 0.573 e. The van der Waals surface area contributed by atoms with Crippen molar-refractivity contribution in [3.8, 4) is 17.2 Å². The quantitative estimate of drug-likeness (QED) is 0.172. The van der Waals surface area contributed by atoms with Gasteiger partial charge in [0.2, 0.25) is 0 Å². The summed E-state index contributed by atoms with van der Waals surface area (Å²) in [4.78, 5) is 25.0. The molecule has 0 radical (unpaired) electrons. The molecule has 8 nitrogen and oxygen atoms in total. The monoisotopic (exact) mass is 583 g/mol. The number of halogens is 3. The number of benzene rings is 3. The molecule has 0 spiro atoms. The summed E-state index contributed by atoms with van der Waals surface area (Å²) in [5.41, 5.74) is 3.27. The molecule has 1 N–H and O–H groups in total. The van der Waals surface area contributed by atoms with E-state index in [1.54, 1.807) is 48.7 Å². The molecule has 0 amide bonds. The van der Waals surface area contributed by atoms with Gasteiger partial charge >= 0.3 is 12.5 Å². The van der Waals surface area contributed by atoms with Crippen LogP contribution in [0.1, 0.15) is 52.5 Å². The van der Waals surface area contributed by atoms with E-state index in [1.165, 1.54) is 25.3 Å². The molecule has 0 unspecified atom stereocenters. The van der Waals surface area contributed by atoms with Gasteiger partial charge in [-0.3, -0.25) is 4.79 Å². The van der Waals surface area contributed by atoms with E-state index in [4.69, 9.17) is 14.2 Å². The second kappa shape index (κ2) is 11.0. The highest BCUT2D eigenvalue weighted by Crippen LogP contribution is 2.38. The molecule has 5 rings (SSSR count). The average molecular weight is 584 g/mol. The van der Waals surface area contributed by atoms with Crippen molar-refractivity contribution in [2.75, 3.05) is 7.11 Å². The summed E-state index contributed by atoms with van der Waals surface area (Å²) in [5, 5.41) is 9.69. The number of carboxylic acid groups (broad SMARTS) is 1. The van der Waals surface area contributed by atoms with Gasteiger partial charge in [0.1, 0.15) is 17.2 Å². The molecule has 11 heteroatoms. The van der Waals surface area contributed by atoms with Crippen LogP contribution in [-0.4, -0.2) is 40.9 Å². The van der Waals surface area contributed by atoms with Crippen LogP contribution in [0, 0.1) is 6.92 Å². The van der Waals surface area contributed by atoms with Crippen molar-refractivity contribution in [2.24, 2.45) is 0 Å². The second-order valence-electron chi connectivity index (χ2n) is 10.0. The van der Waals surface area contributed by atoms with Crippen LogP contribution >= 0.6 is 0 Å². The third-order valence-corrected chi connectivity index (χ3v) is 7.46. The fourth-order valence-electron chi connectivity index (χ4n) is 5.34. The minimum absolute atomic E-state index is 0.184. The van der Waals surface area contributed by atoms with Crippen LogP contribution in [0.4, 0.5) is 18.0 Å². The summed E-state index contributed by atoms with van der Waals surface area (Å²) in [6.45, 7) is 3.69. The Hall–Kier alpha value is -4.67. The minimum atomic E-state index is -4.89. The van der Waals surface area contributed by atoms with Crippen LogP contribution in [0.3, 0.4) is 0 Å². The van der Waals surface area contributed by atoms with Gasteiger partial charge in [0, 0.05) is 42.1 Å². The zero-order valence-electron chi connectivity index (χ0n) is 23.1. The highest BCUT2D eigenvalue weighted by Gasteiger charge is 2.39. The Balaban J connectivity index is 1.58. The highest BCUT2D eigenvalue weighted by atomic mass is 19.4. The van der Waals surface area contributed by atoms with Gasteiger partial charge in [-0.05, 0) is 66.9 Å². The normalized spacial score (nSPS) is 16.4. The van der Waals surface area contributed by atoms with E-state index in [2.05, 4.69) is 4.74 Å². The predicted octanol–water partition coefficient (Wildman–Crippen LogP) is 7.26. The van der Waals surface area contributed by atoms with Crippen molar-refractivity contribution >= 4 is 22.8 Å². The van der Waals surface area contributed by atoms with E-state index < -0.39 is 24.1 Å². The van der Waals surface area contributed by atoms with Crippen LogP contribution in [0.5, 0.6) is 17.2 Å². The van der Waals surface area contributed by atoms with E-state index in [1.807, 2.05) is 12.1 Å². The molecule has 0 aliphatic carbocycles. The third kappa shape index (κ3) is 5.72. The number of carbonyl (C=O) groups is 2. The average Bonchev–Trinajstić information content (AvgIpc) is 3.21. The van der Waals surface area contributed by atoms with Gasteiger partial charge in [-0.1, -0.05) is 19.1 Å². The summed E-state index contributed by atoms with van der Waals surface area (Å²) in [6, 6.07) is 16.0. The molecule has 2 heterocycles. The van der Waals surface area contributed by atoms with Crippen molar-refractivity contribution < 1.29 is 46.8 Å². The number of carbonyl (C=O) groups excluding carboxylic acids is 1. The van der Waals surface area contributed by atoms with Crippen LogP contribution < -0.4 is 14.2 Å². The molecule has 0 saturated heterocycles. The molecule has 1 aliphatic heterocycles. The van der Waals surface area contributed by atoms with E-state index in [-0.39, 0.29) is 12.3 Å². The number of hydrogen-bond donors (Lipinski definition) is 1. The molecule has 42 heavy (non-hydrogen) atoms. The second-order valence-corrected chi connectivity index (χ2v) is 10.0. The summed E-state index contributed by atoms with van der Waals surface area (Å²) in [7, 11) is 1.52. The van der Waals surface area contributed by atoms with Crippen LogP contribution in [0.25, 0.3) is 10.9 Å². The molecule has 1 atom stereocenters. The fraction of sp³-hybridized carbons (Fsp3) is 0.290. The number of rotatable bonds is 8. The van der Waals surface area contributed by atoms with E-state index in [0.717, 1.165) is 11.1 Å². The topological polar surface area (TPSA) is 96.2 Å². The zero-order valence-corrected chi connectivity index (χ0v) is 23.1. The van der Waals surface area contributed by atoms with Crippen LogP contribution in [0.2, 0.25) is 0 Å². The first kappa shape index (κ1) is 28.8. The summed E-state index contributed by atoms with van der Waals surface area (Å²) >= 11 is 0. The van der Waals surface area contributed by atoms with Gasteiger partial charge in [-0.15, -0.1) is 13.2 Å². The van der Waals surface area contributed by atoms with Gasteiger partial charge in [0.25, 0.3) is 5.79 Å². The van der Waals surface area contributed by atoms with Gasteiger partial charge in [-0.2, -0.15) is 0 Å². The smallest absolute Gasteiger partial charge is 0.497 e. The number of aromatic nitrogens is 1. The van der Waals surface area contributed by atoms with Gasteiger partial charge in [-0.25, -0.2) is 4.79 Å². The molecule has 0 fully saturated rings. The van der Waals surface area contributed by atoms with Crippen molar-refractivity contribution in [3.63, 3.8) is 0 Å². The molecule has 1 aliphatic rings. The molecule has 0 bridgehead atoms. The predicted molar refractivity (Wildman–Crippen MR) is 146 cm³/mol. The largest absolute Gasteiger partial charge is 0.573 e. The molecule has 1 aromatic heterocycles. The maximum absolute atomic E-state index is 13.7. The van der Waals surface area contributed by atoms with E-state index in [9.17, 15) is 27.9 Å². The molecular formula is C31H28F3NO7. The molecule has 4 aromatic rings. The van der Waals surface area contributed by atoms with Crippen molar-refractivity contribution in [3.05, 3.63) is 88.6 Å². The first-order valence-corrected chi connectivity index (χ1v) is 13.2. The number of aryl methyl sites for hydroxylation is 1. The van der Waals surface area contributed by atoms with Gasteiger partial charge in [0.05, 0.1) is 18.2 Å². The Kier molecular flexibility index (Phi) is 7.53. The van der Waals surface area contributed by atoms with Crippen molar-refractivity contribution in [1.29, 1.82) is 0 Å². The van der Waals surface area contributed by atoms with Crippen LogP contribution in [0.15, 0.2) is 60.7 Å². The van der Waals surface area contributed by atoms with Gasteiger partial charge in [0.15, 0.2) is 5.78 Å². The molecule has 3 aromatic carbocycles. The number of hydrogen-bond acceptors (Lipinski definition) is 6. The zero-order chi connectivity index (χ0) is 30.2. The molecule has 0 saturated carbocycles. The first-order chi connectivity index (χ1) is 19.9. The Morgan fingerprint density at radius 3 is 2.40 bits per heavy atom. The Morgan fingerprint density at radius 2 is 1.76 bits per heavy atom. The minimum Gasteiger partial charge on any atom is -0.497 e. The number of alkyl halides is 3. The van der Waals surface area contributed by atoms with E-state index in [0.29, 0.717) is 58.5 Å². The SMILES string of the molecule is CC[C@@]1(OC(=O)O)CCc2ccc(Cn3c(C)c(C(=O)c4ccc(OC)cc4)c4ccc(OC(F)(F)F)cc43)cc2O1. The summed E-state index contributed by atoms with van der Waals surface area (Å²) in [5.74, 6) is -0.975. The number of nitrogens with zero attached hydrogens (tertiary/aromatic N) is 1. The fourth-order valence-corrected chi connectivity index (χ4v) is 5.34. The van der Waals surface area contributed by atoms with E-state index >= 15 is 0 Å². The highest BCUT2D eigenvalue weighted by molar-refractivity contribution is 6.17.